The van der Waals surface area contributed by atoms with Gasteiger partial charge in [-0.05, 0) is 38.7 Å². The molecule has 2 fully saturated rings. The van der Waals surface area contributed by atoms with Crippen molar-refractivity contribution in [2.24, 2.45) is 11.8 Å². The van der Waals surface area contributed by atoms with Gasteiger partial charge in [0.2, 0.25) is 0 Å². The summed E-state index contributed by atoms with van der Waals surface area (Å²) in [5, 5.41) is 3.43. The molecule has 18 heavy (non-hydrogen) atoms. The van der Waals surface area contributed by atoms with Gasteiger partial charge in [-0.1, -0.05) is 0 Å². The van der Waals surface area contributed by atoms with E-state index in [1.807, 2.05) is 11.8 Å². The van der Waals surface area contributed by atoms with Crippen molar-refractivity contribution in [1.82, 2.24) is 10.2 Å². The summed E-state index contributed by atoms with van der Waals surface area (Å²) in [6.07, 6.45) is 1.59. The number of nitrogens with one attached hydrogen (secondary N) is 1. The highest BCUT2D eigenvalue weighted by Crippen LogP contribution is 2.41. The van der Waals surface area contributed by atoms with E-state index in [1.165, 1.54) is 0 Å². The third-order valence-corrected chi connectivity index (χ3v) is 4.69. The average molecular weight is 248 g/mol. The number of likely N-dealkylation sites (tertiary alicyclic amines) is 1. The monoisotopic (exact) mass is 248 g/mol. The standard InChI is InChI=1S/C14H20N2O2/c1-9-11(4-5-18-9)13(17)16-8-10-6-15-7-12(10)14(16,2)3/h4-5,10,12,15H,6-8H2,1-3H3. The molecule has 0 aromatic carbocycles. The summed E-state index contributed by atoms with van der Waals surface area (Å²) < 4.78 is 5.25. The Hall–Kier alpha value is -1.29. The Bertz CT molecular complexity index is 478. The summed E-state index contributed by atoms with van der Waals surface area (Å²) in [4.78, 5) is 14.6. The second kappa shape index (κ2) is 3.85. The molecule has 0 aliphatic carbocycles. The normalized spacial score (nSPS) is 29.6. The molecule has 0 spiro atoms. The predicted octanol–water partition coefficient (Wildman–Crippen LogP) is 1.66. The van der Waals surface area contributed by atoms with Crippen molar-refractivity contribution in [1.29, 1.82) is 0 Å². The zero-order valence-electron chi connectivity index (χ0n) is 11.2. The number of furan rings is 1. The highest BCUT2D eigenvalue weighted by molar-refractivity contribution is 5.95. The van der Waals surface area contributed by atoms with Gasteiger partial charge in [0.25, 0.3) is 5.91 Å². The van der Waals surface area contributed by atoms with Crippen LogP contribution in [0, 0.1) is 18.8 Å². The SMILES string of the molecule is Cc1occc1C(=O)N1CC2CNCC2C1(C)C. The summed E-state index contributed by atoms with van der Waals surface area (Å²) in [5.74, 6) is 1.98. The van der Waals surface area contributed by atoms with Crippen LogP contribution in [0.5, 0.6) is 0 Å². The maximum Gasteiger partial charge on any atom is 0.257 e. The van der Waals surface area contributed by atoms with Crippen LogP contribution < -0.4 is 5.32 Å². The van der Waals surface area contributed by atoms with E-state index in [9.17, 15) is 4.79 Å². The zero-order chi connectivity index (χ0) is 12.9. The fraction of sp³-hybridized carbons (Fsp3) is 0.643. The molecule has 3 heterocycles. The molecule has 4 nitrogen and oxygen atoms in total. The molecular weight excluding hydrogens is 228 g/mol. The number of carbonyl (C=O) groups excluding carboxylic acids is 1. The molecule has 1 N–H and O–H groups in total. The van der Waals surface area contributed by atoms with Crippen molar-refractivity contribution < 1.29 is 9.21 Å². The zero-order valence-corrected chi connectivity index (χ0v) is 11.2. The smallest absolute Gasteiger partial charge is 0.257 e. The molecule has 2 atom stereocenters. The van der Waals surface area contributed by atoms with E-state index in [-0.39, 0.29) is 11.4 Å². The topological polar surface area (TPSA) is 45.5 Å². The molecule has 0 bridgehead atoms. The second-order valence-electron chi connectivity index (χ2n) is 5.98. The summed E-state index contributed by atoms with van der Waals surface area (Å²) in [5.41, 5.74) is 0.630. The fourth-order valence-corrected chi connectivity index (χ4v) is 3.52. The highest BCUT2D eigenvalue weighted by atomic mass is 16.3. The Morgan fingerprint density at radius 3 is 2.89 bits per heavy atom. The number of rotatable bonds is 1. The number of nitrogens with zero attached hydrogens (tertiary/aromatic N) is 1. The molecule has 2 aliphatic heterocycles. The van der Waals surface area contributed by atoms with Crippen LogP contribution in [0.3, 0.4) is 0 Å². The maximum absolute atomic E-state index is 12.6. The van der Waals surface area contributed by atoms with Gasteiger partial charge in [-0.25, -0.2) is 0 Å². The fourth-order valence-electron chi connectivity index (χ4n) is 3.52. The second-order valence-corrected chi connectivity index (χ2v) is 5.98. The van der Waals surface area contributed by atoms with Crippen LogP contribution in [-0.4, -0.2) is 36.0 Å². The molecule has 1 amide bonds. The van der Waals surface area contributed by atoms with E-state index in [2.05, 4.69) is 19.2 Å². The van der Waals surface area contributed by atoms with Crippen LogP contribution in [0.4, 0.5) is 0 Å². The molecule has 4 heteroatoms. The van der Waals surface area contributed by atoms with E-state index in [0.29, 0.717) is 23.2 Å². The molecule has 2 aliphatic rings. The lowest BCUT2D eigenvalue weighted by Crippen LogP contribution is -2.47. The Kier molecular flexibility index (Phi) is 2.52. The maximum atomic E-state index is 12.6. The van der Waals surface area contributed by atoms with Crippen molar-refractivity contribution in [2.45, 2.75) is 26.3 Å². The number of hydrogen-bond donors (Lipinski definition) is 1. The molecule has 1 aromatic heterocycles. The van der Waals surface area contributed by atoms with Crippen LogP contribution in [-0.2, 0) is 0 Å². The van der Waals surface area contributed by atoms with Gasteiger partial charge in [0, 0.05) is 25.2 Å². The number of amides is 1. The summed E-state index contributed by atoms with van der Waals surface area (Å²) in [6, 6.07) is 1.78. The quantitative estimate of drug-likeness (QED) is 0.822. The first-order chi connectivity index (χ1) is 8.51. The number of carbonyl (C=O) groups is 1. The van der Waals surface area contributed by atoms with E-state index in [1.54, 1.807) is 12.3 Å². The van der Waals surface area contributed by atoms with Crippen molar-refractivity contribution in [3.8, 4) is 0 Å². The summed E-state index contributed by atoms with van der Waals surface area (Å²) in [7, 11) is 0. The third-order valence-electron chi connectivity index (χ3n) is 4.69. The van der Waals surface area contributed by atoms with Gasteiger partial charge in [0.05, 0.1) is 11.8 Å². The molecule has 0 saturated carbocycles. The van der Waals surface area contributed by atoms with Gasteiger partial charge in [-0.3, -0.25) is 4.79 Å². The minimum Gasteiger partial charge on any atom is -0.469 e. The first-order valence-corrected chi connectivity index (χ1v) is 6.58. The first-order valence-electron chi connectivity index (χ1n) is 6.58. The molecule has 3 rings (SSSR count). The number of aryl methyl sites for hydroxylation is 1. The third kappa shape index (κ3) is 1.52. The molecule has 1 aromatic rings. The largest absolute Gasteiger partial charge is 0.469 e. The van der Waals surface area contributed by atoms with E-state index < -0.39 is 0 Å². The van der Waals surface area contributed by atoms with Crippen molar-refractivity contribution in [3.63, 3.8) is 0 Å². The van der Waals surface area contributed by atoms with Gasteiger partial charge >= 0.3 is 0 Å². The summed E-state index contributed by atoms with van der Waals surface area (Å²) >= 11 is 0. The van der Waals surface area contributed by atoms with E-state index in [4.69, 9.17) is 4.42 Å². The minimum atomic E-state index is -0.0744. The van der Waals surface area contributed by atoms with E-state index in [0.717, 1.165) is 19.6 Å². The Labute approximate surface area is 107 Å². The highest BCUT2D eigenvalue weighted by Gasteiger charge is 2.51. The average Bonchev–Trinajstić information content (AvgIpc) is 2.96. The van der Waals surface area contributed by atoms with Crippen molar-refractivity contribution in [2.75, 3.05) is 19.6 Å². The molecule has 98 valence electrons. The molecule has 0 radical (unpaired) electrons. The van der Waals surface area contributed by atoms with Crippen LogP contribution >= 0.6 is 0 Å². The lowest BCUT2D eigenvalue weighted by Gasteiger charge is -2.35. The first kappa shape index (κ1) is 11.8. The Morgan fingerprint density at radius 1 is 1.50 bits per heavy atom. The van der Waals surface area contributed by atoms with Crippen LogP contribution in [0.2, 0.25) is 0 Å². The number of hydrogen-bond acceptors (Lipinski definition) is 3. The van der Waals surface area contributed by atoms with Gasteiger partial charge < -0.3 is 14.6 Å². The van der Waals surface area contributed by atoms with Crippen molar-refractivity contribution in [3.05, 3.63) is 23.7 Å². The number of fused-ring (bicyclic) bond motifs is 1. The molecular formula is C14H20N2O2. The van der Waals surface area contributed by atoms with Gasteiger partial charge in [-0.15, -0.1) is 0 Å². The Balaban J connectivity index is 1.90. The van der Waals surface area contributed by atoms with Gasteiger partial charge in [-0.2, -0.15) is 0 Å². The summed E-state index contributed by atoms with van der Waals surface area (Å²) in [6.45, 7) is 9.11. The molecule has 2 saturated heterocycles. The van der Waals surface area contributed by atoms with E-state index >= 15 is 0 Å². The Morgan fingerprint density at radius 2 is 2.28 bits per heavy atom. The lowest BCUT2D eigenvalue weighted by atomic mass is 9.84. The minimum absolute atomic E-state index is 0.0744. The lowest BCUT2D eigenvalue weighted by molar-refractivity contribution is 0.0601. The van der Waals surface area contributed by atoms with Crippen molar-refractivity contribution >= 4 is 5.91 Å². The van der Waals surface area contributed by atoms with Crippen LogP contribution in [0.15, 0.2) is 16.7 Å². The van der Waals surface area contributed by atoms with Crippen LogP contribution in [0.25, 0.3) is 0 Å². The van der Waals surface area contributed by atoms with Crippen LogP contribution in [0.1, 0.15) is 30.0 Å². The molecule has 2 unspecified atom stereocenters. The predicted molar refractivity (Wildman–Crippen MR) is 68.4 cm³/mol. The van der Waals surface area contributed by atoms with Gasteiger partial charge in [0.15, 0.2) is 0 Å². The van der Waals surface area contributed by atoms with Gasteiger partial charge in [0.1, 0.15) is 5.76 Å².